The van der Waals surface area contributed by atoms with E-state index in [9.17, 15) is 4.79 Å². The van der Waals surface area contributed by atoms with Gasteiger partial charge in [0.2, 0.25) is 0 Å². The van der Waals surface area contributed by atoms with Gasteiger partial charge < -0.3 is 9.47 Å². The van der Waals surface area contributed by atoms with Crippen LogP contribution in [0.15, 0.2) is 120 Å². The molecule has 1 aliphatic heterocycles. The van der Waals surface area contributed by atoms with Gasteiger partial charge in [-0.3, -0.25) is 14.7 Å². The van der Waals surface area contributed by atoms with Crippen LogP contribution >= 0.6 is 23.4 Å². The summed E-state index contributed by atoms with van der Waals surface area (Å²) < 4.78 is 12.0. The molecular weight excluding hydrogens is 564 g/mol. The fraction of sp³-hybridized carbons (Fsp3) is 0.143. The van der Waals surface area contributed by atoms with Crippen molar-refractivity contribution in [3.63, 3.8) is 0 Å². The van der Waals surface area contributed by atoms with Gasteiger partial charge in [-0.1, -0.05) is 90.5 Å². The van der Waals surface area contributed by atoms with Crippen LogP contribution in [0, 0.1) is 0 Å². The lowest BCUT2D eigenvalue weighted by atomic mass is 10.0. The maximum atomic E-state index is 13.7. The minimum Gasteiger partial charge on any atom is -0.493 e. The van der Waals surface area contributed by atoms with Gasteiger partial charge in [0.25, 0.3) is 5.91 Å². The first-order valence-corrected chi connectivity index (χ1v) is 14.8. The number of benzene rings is 4. The molecule has 1 heterocycles. The smallest absolute Gasteiger partial charge is 0.267 e. The minimum atomic E-state index is -0.0806. The van der Waals surface area contributed by atoms with Gasteiger partial charge in [0, 0.05) is 10.6 Å². The monoisotopic (exact) mass is 594 g/mol. The van der Waals surface area contributed by atoms with Crippen LogP contribution < -0.4 is 9.47 Å². The van der Waals surface area contributed by atoms with Crippen molar-refractivity contribution in [3.05, 3.63) is 147 Å². The second kappa shape index (κ2) is 14.1. The van der Waals surface area contributed by atoms with Crippen molar-refractivity contribution in [2.75, 3.05) is 7.11 Å². The Hall–Kier alpha value is -4.26. The minimum absolute atomic E-state index is 0.0806. The van der Waals surface area contributed by atoms with Crippen LogP contribution in [-0.4, -0.2) is 23.1 Å². The van der Waals surface area contributed by atoms with E-state index >= 15 is 0 Å². The zero-order valence-corrected chi connectivity index (χ0v) is 24.9. The molecule has 0 unspecified atom stereocenters. The van der Waals surface area contributed by atoms with Crippen LogP contribution in [0.5, 0.6) is 11.5 Å². The molecule has 0 aromatic heterocycles. The van der Waals surface area contributed by atoms with Crippen LogP contribution in [0.1, 0.15) is 27.8 Å². The number of rotatable bonds is 11. The highest BCUT2D eigenvalue weighted by molar-refractivity contribution is 8.18. The first-order valence-electron chi connectivity index (χ1n) is 13.6. The molecule has 4 aromatic rings. The van der Waals surface area contributed by atoms with E-state index in [1.165, 1.54) is 11.8 Å². The molecule has 1 aliphatic rings. The molecule has 0 atom stereocenters. The number of ether oxygens (including phenoxy) is 2. The van der Waals surface area contributed by atoms with Crippen molar-refractivity contribution >= 4 is 40.5 Å². The zero-order chi connectivity index (χ0) is 29.3. The Balaban J connectivity index is 1.44. The molecule has 0 spiro atoms. The molecule has 4 aromatic carbocycles. The van der Waals surface area contributed by atoms with Crippen molar-refractivity contribution in [3.8, 4) is 11.5 Å². The lowest BCUT2D eigenvalue weighted by molar-refractivity contribution is -0.122. The third-order valence-corrected chi connectivity index (χ3v) is 7.94. The van der Waals surface area contributed by atoms with E-state index in [4.69, 9.17) is 26.1 Å². The molecule has 1 amide bonds. The Bertz CT molecular complexity index is 1600. The number of amides is 1. The number of carbonyl (C=O) groups is 1. The summed E-state index contributed by atoms with van der Waals surface area (Å²) in [6, 6.07) is 31.5. The highest BCUT2D eigenvalue weighted by Crippen LogP contribution is 2.38. The van der Waals surface area contributed by atoms with E-state index in [1.807, 2.05) is 109 Å². The summed E-state index contributed by atoms with van der Waals surface area (Å²) in [6.07, 6.45) is 4.30. The number of nitrogens with zero attached hydrogens (tertiary/aromatic N) is 2. The lowest BCUT2D eigenvalue weighted by Crippen LogP contribution is -2.28. The first kappa shape index (κ1) is 29.2. The molecule has 42 heavy (non-hydrogen) atoms. The molecule has 0 bridgehead atoms. The van der Waals surface area contributed by atoms with E-state index in [1.54, 1.807) is 12.0 Å². The highest BCUT2D eigenvalue weighted by Gasteiger charge is 2.33. The Morgan fingerprint density at radius 1 is 0.929 bits per heavy atom. The largest absolute Gasteiger partial charge is 0.493 e. The van der Waals surface area contributed by atoms with Gasteiger partial charge in [-0.25, -0.2) is 0 Å². The first-order chi connectivity index (χ1) is 20.5. The number of amidine groups is 1. The highest BCUT2D eigenvalue weighted by atomic mass is 35.5. The number of hydrogen-bond acceptors (Lipinski definition) is 5. The molecule has 0 saturated carbocycles. The number of allylic oxidation sites excluding steroid dienone is 1. The van der Waals surface area contributed by atoms with Gasteiger partial charge in [-0.15, -0.1) is 6.58 Å². The van der Waals surface area contributed by atoms with E-state index in [2.05, 4.69) is 6.58 Å². The van der Waals surface area contributed by atoms with Gasteiger partial charge in [0.1, 0.15) is 6.61 Å². The molecule has 1 fully saturated rings. The van der Waals surface area contributed by atoms with Crippen molar-refractivity contribution in [1.29, 1.82) is 0 Å². The van der Waals surface area contributed by atoms with Gasteiger partial charge in [-0.05, 0) is 70.8 Å². The second-order valence-corrected chi connectivity index (χ2v) is 11.1. The predicted molar refractivity (Wildman–Crippen MR) is 173 cm³/mol. The van der Waals surface area contributed by atoms with E-state index in [0.717, 1.165) is 27.8 Å². The lowest BCUT2D eigenvalue weighted by Gasteiger charge is -2.16. The predicted octanol–water partition coefficient (Wildman–Crippen LogP) is 8.33. The van der Waals surface area contributed by atoms with Gasteiger partial charge >= 0.3 is 0 Å². The van der Waals surface area contributed by atoms with Gasteiger partial charge in [0.15, 0.2) is 16.7 Å². The number of aliphatic imine (C=N–C) groups is 1. The summed E-state index contributed by atoms with van der Waals surface area (Å²) in [4.78, 5) is 20.9. The fourth-order valence-corrected chi connectivity index (χ4v) is 5.65. The summed E-state index contributed by atoms with van der Waals surface area (Å²) in [5, 5.41) is 1.36. The Labute approximate surface area is 256 Å². The maximum Gasteiger partial charge on any atom is 0.267 e. The number of methoxy groups -OCH3 is 1. The van der Waals surface area contributed by atoms with Gasteiger partial charge in [0.05, 0.1) is 25.1 Å². The fourth-order valence-electron chi connectivity index (χ4n) is 4.55. The van der Waals surface area contributed by atoms with Crippen molar-refractivity contribution < 1.29 is 14.3 Å². The maximum absolute atomic E-state index is 13.7. The molecule has 0 N–H and O–H groups in total. The van der Waals surface area contributed by atoms with Crippen LogP contribution in [0.2, 0.25) is 5.02 Å². The Morgan fingerprint density at radius 2 is 1.62 bits per heavy atom. The zero-order valence-electron chi connectivity index (χ0n) is 23.3. The molecule has 0 radical (unpaired) electrons. The van der Waals surface area contributed by atoms with Crippen LogP contribution in [0.25, 0.3) is 6.08 Å². The summed E-state index contributed by atoms with van der Waals surface area (Å²) in [7, 11) is 1.62. The molecular formula is C35H31ClN2O3S. The van der Waals surface area contributed by atoms with Crippen molar-refractivity contribution in [1.82, 2.24) is 4.90 Å². The summed E-state index contributed by atoms with van der Waals surface area (Å²) in [6.45, 7) is 5.22. The number of carbonyl (C=O) groups excluding carboxylic acids is 1. The number of halogens is 1. The molecule has 7 heteroatoms. The SMILES string of the molecule is C=CCc1cc(/C=C2/SC(=NCc3ccccc3)N(Cc3ccccc3)C2=O)cc(OC)c1OCc1ccc(Cl)cc1. The number of thioether (sulfide) groups is 1. The molecule has 0 aliphatic carbocycles. The standard InChI is InChI=1S/C35H31ClN2O3S/c1-3-10-29-19-28(20-31(40-2)33(29)41-24-27-15-17-30(36)18-16-27)21-32-34(39)38(23-26-13-8-5-9-14-26)35(42-32)37-22-25-11-6-4-7-12-25/h3-9,11-21H,1,10,22-24H2,2H3/b32-21+,37-35?. The van der Waals surface area contributed by atoms with Crippen LogP contribution in [0.3, 0.4) is 0 Å². The summed E-state index contributed by atoms with van der Waals surface area (Å²) in [5.41, 5.74) is 4.87. The third-order valence-electron chi connectivity index (χ3n) is 6.64. The molecule has 5 nitrogen and oxygen atoms in total. The van der Waals surface area contributed by atoms with Crippen molar-refractivity contribution in [2.24, 2.45) is 4.99 Å². The van der Waals surface area contributed by atoms with Crippen LogP contribution in [0.4, 0.5) is 0 Å². The summed E-state index contributed by atoms with van der Waals surface area (Å²) in [5.74, 6) is 1.16. The molecule has 5 rings (SSSR count). The van der Waals surface area contributed by atoms with Crippen molar-refractivity contribution in [2.45, 2.75) is 26.1 Å². The van der Waals surface area contributed by atoms with E-state index in [-0.39, 0.29) is 5.91 Å². The summed E-state index contributed by atoms with van der Waals surface area (Å²) >= 11 is 7.42. The molecule has 1 saturated heterocycles. The van der Waals surface area contributed by atoms with Gasteiger partial charge in [-0.2, -0.15) is 0 Å². The van der Waals surface area contributed by atoms with Crippen LogP contribution in [-0.2, 0) is 30.9 Å². The Kier molecular flexibility index (Phi) is 9.80. The quantitative estimate of drug-likeness (QED) is 0.129. The average molecular weight is 595 g/mol. The third kappa shape index (κ3) is 7.32. The molecule has 212 valence electrons. The Morgan fingerprint density at radius 3 is 2.29 bits per heavy atom. The number of hydrogen-bond donors (Lipinski definition) is 0. The average Bonchev–Trinajstić information content (AvgIpc) is 3.30. The normalized spacial score (nSPS) is 14.9. The van der Waals surface area contributed by atoms with E-state index < -0.39 is 0 Å². The topological polar surface area (TPSA) is 51.1 Å². The second-order valence-electron chi connectivity index (χ2n) is 9.69. The van der Waals surface area contributed by atoms with E-state index in [0.29, 0.717) is 52.7 Å².